The number of hydrogen-bond donors (Lipinski definition) is 2. The summed E-state index contributed by atoms with van der Waals surface area (Å²) in [7, 11) is 0. The van der Waals surface area contributed by atoms with E-state index < -0.39 is 0 Å². The maximum Gasteiger partial charge on any atom is 0.255 e. The van der Waals surface area contributed by atoms with Gasteiger partial charge in [-0.1, -0.05) is 0 Å². The Balaban J connectivity index is 0.00000242. The minimum absolute atomic E-state index is 0. The van der Waals surface area contributed by atoms with E-state index in [1.54, 1.807) is 24.5 Å². The van der Waals surface area contributed by atoms with Crippen LogP contribution >= 0.6 is 24.8 Å². The average molecular weight is 363 g/mol. The molecule has 0 bridgehead atoms. The van der Waals surface area contributed by atoms with Crippen molar-refractivity contribution in [3.8, 4) is 0 Å². The molecule has 6 nitrogen and oxygen atoms in total. The molecule has 130 valence electrons. The topological polar surface area (TPSA) is 88.3 Å². The van der Waals surface area contributed by atoms with Gasteiger partial charge in [0, 0.05) is 44.5 Å². The quantitative estimate of drug-likeness (QED) is 0.827. The summed E-state index contributed by atoms with van der Waals surface area (Å²) in [5, 5.41) is 2.86. The Labute approximate surface area is 149 Å². The van der Waals surface area contributed by atoms with Crippen molar-refractivity contribution in [3.05, 3.63) is 30.1 Å². The van der Waals surface area contributed by atoms with Gasteiger partial charge >= 0.3 is 0 Å². The lowest BCUT2D eigenvalue weighted by Gasteiger charge is -2.36. The smallest absolute Gasteiger partial charge is 0.255 e. The fourth-order valence-corrected chi connectivity index (χ4v) is 2.59. The van der Waals surface area contributed by atoms with E-state index in [-0.39, 0.29) is 42.7 Å². The highest BCUT2D eigenvalue weighted by molar-refractivity contribution is 5.94. The van der Waals surface area contributed by atoms with Gasteiger partial charge in [-0.05, 0) is 31.4 Å². The van der Waals surface area contributed by atoms with Gasteiger partial charge in [-0.25, -0.2) is 0 Å². The summed E-state index contributed by atoms with van der Waals surface area (Å²) in [5.74, 6) is -0.0716. The van der Waals surface area contributed by atoms with Crippen molar-refractivity contribution < 1.29 is 9.59 Å². The van der Waals surface area contributed by atoms with E-state index in [2.05, 4.69) is 10.3 Å². The maximum absolute atomic E-state index is 12.5. The van der Waals surface area contributed by atoms with Crippen LogP contribution in [0.1, 0.15) is 36.0 Å². The average Bonchev–Trinajstić information content (AvgIpc) is 2.54. The number of pyridine rings is 1. The predicted octanol–water partition coefficient (Wildman–Crippen LogP) is 1.38. The number of nitrogens with zero attached hydrogens (tertiary/aromatic N) is 2. The molecule has 1 aromatic rings. The summed E-state index contributed by atoms with van der Waals surface area (Å²) >= 11 is 0. The van der Waals surface area contributed by atoms with Crippen LogP contribution in [-0.2, 0) is 4.79 Å². The van der Waals surface area contributed by atoms with E-state index in [1.807, 2.05) is 4.90 Å². The van der Waals surface area contributed by atoms with Crippen LogP contribution in [0.15, 0.2) is 24.5 Å². The summed E-state index contributed by atoms with van der Waals surface area (Å²) in [6, 6.07) is 3.58. The molecule has 1 fully saturated rings. The number of carbonyl (C=O) groups is 2. The second kappa shape index (κ2) is 11.2. The molecule has 23 heavy (non-hydrogen) atoms. The minimum Gasteiger partial charge on any atom is -0.354 e. The number of likely N-dealkylation sites (tertiary alicyclic amines) is 1. The van der Waals surface area contributed by atoms with Gasteiger partial charge in [0.1, 0.15) is 0 Å². The Kier molecular flexibility index (Phi) is 10.5. The van der Waals surface area contributed by atoms with Crippen LogP contribution in [0.25, 0.3) is 0 Å². The van der Waals surface area contributed by atoms with Gasteiger partial charge in [0.25, 0.3) is 5.91 Å². The molecule has 2 amide bonds. The van der Waals surface area contributed by atoms with Gasteiger partial charge in [0.05, 0.1) is 5.56 Å². The lowest BCUT2D eigenvalue weighted by Crippen LogP contribution is -2.49. The Hall–Kier alpha value is -1.37. The summed E-state index contributed by atoms with van der Waals surface area (Å²) < 4.78 is 0. The van der Waals surface area contributed by atoms with E-state index in [9.17, 15) is 9.59 Å². The lowest BCUT2D eigenvalue weighted by atomic mass is 10.0. The van der Waals surface area contributed by atoms with Crippen molar-refractivity contribution in [1.82, 2.24) is 15.2 Å². The minimum atomic E-state index is -0.0585. The highest BCUT2D eigenvalue weighted by Crippen LogP contribution is 2.19. The Morgan fingerprint density at radius 3 is 2.78 bits per heavy atom. The Bertz CT molecular complexity index is 488. The molecule has 1 saturated heterocycles. The highest BCUT2D eigenvalue weighted by atomic mass is 35.5. The van der Waals surface area contributed by atoms with E-state index in [0.29, 0.717) is 25.1 Å². The fourth-order valence-electron chi connectivity index (χ4n) is 2.59. The molecule has 2 heterocycles. The molecule has 0 spiro atoms. The van der Waals surface area contributed by atoms with E-state index in [1.165, 1.54) is 0 Å². The molecule has 0 aromatic carbocycles. The zero-order valence-corrected chi connectivity index (χ0v) is 14.6. The molecule has 0 saturated carbocycles. The molecule has 0 aliphatic carbocycles. The third kappa shape index (κ3) is 6.33. The third-order valence-corrected chi connectivity index (χ3v) is 3.70. The van der Waals surface area contributed by atoms with Crippen LogP contribution in [0.3, 0.4) is 0 Å². The fraction of sp³-hybridized carbons (Fsp3) is 0.533. The van der Waals surface area contributed by atoms with Crippen LogP contribution in [0.2, 0.25) is 0 Å². The van der Waals surface area contributed by atoms with Crippen molar-refractivity contribution >= 4 is 36.6 Å². The monoisotopic (exact) mass is 362 g/mol. The first-order chi connectivity index (χ1) is 10.2. The van der Waals surface area contributed by atoms with Crippen LogP contribution in [-0.4, -0.2) is 47.4 Å². The van der Waals surface area contributed by atoms with Crippen molar-refractivity contribution in [2.24, 2.45) is 5.73 Å². The summed E-state index contributed by atoms with van der Waals surface area (Å²) in [6.07, 6.45) is 6.55. The molecule has 2 rings (SSSR count). The maximum atomic E-state index is 12.5. The molecule has 0 radical (unpaired) electrons. The van der Waals surface area contributed by atoms with E-state index in [0.717, 1.165) is 25.8 Å². The number of aromatic nitrogens is 1. The van der Waals surface area contributed by atoms with Crippen LogP contribution in [0.4, 0.5) is 0 Å². The summed E-state index contributed by atoms with van der Waals surface area (Å²) in [4.78, 5) is 29.9. The van der Waals surface area contributed by atoms with Gasteiger partial charge < -0.3 is 16.0 Å². The van der Waals surface area contributed by atoms with Crippen molar-refractivity contribution in [3.63, 3.8) is 0 Å². The second-order valence-electron chi connectivity index (χ2n) is 5.23. The predicted molar refractivity (Wildman–Crippen MR) is 94.1 cm³/mol. The molecule has 8 heteroatoms. The first-order valence-electron chi connectivity index (χ1n) is 7.40. The van der Waals surface area contributed by atoms with Gasteiger partial charge in [-0.2, -0.15) is 0 Å². The normalized spacial score (nSPS) is 16.7. The number of hydrogen-bond acceptors (Lipinski definition) is 4. The van der Waals surface area contributed by atoms with Crippen molar-refractivity contribution in [1.29, 1.82) is 0 Å². The third-order valence-electron chi connectivity index (χ3n) is 3.70. The summed E-state index contributed by atoms with van der Waals surface area (Å²) in [6.45, 7) is 1.56. The SMILES string of the molecule is Cl.Cl.NCCC(=O)NCC1CCCCN1C(=O)c1cccnc1. The zero-order valence-electron chi connectivity index (χ0n) is 12.9. The van der Waals surface area contributed by atoms with Gasteiger partial charge in [0.2, 0.25) is 5.91 Å². The summed E-state index contributed by atoms with van der Waals surface area (Å²) in [5.41, 5.74) is 5.95. The van der Waals surface area contributed by atoms with Crippen LogP contribution in [0, 0.1) is 0 Å². The first-order valence-corrected chi connectivity index (χ1v) is 7.40. The first kappa shape index (κ1) is 21.6. The van der Waals surface area contributed by atoms with Gasteiger partial charge in [-0.15, -0.1) is 24.8 Å². The van der Waals surface area contributed by atoms with Gasteiger partial charge in [0.15, 0.2) is 0 Å². The standard InChI is InChI=1S/C15H22N4O2.2ClH/c16-7-6-14(20)18-11-13-5-1-2-9-19(13)15(21)12-4-3-8-17-10-12;;/h3-4,8,10,13H,1-2,5-7,9,11,16H2,(H,18,20);2*1H. The molecule has 1 atom stereocenters. The molecule has 1 aliphatic heterocycles. The lowest BCUT2D eigenvalue weighted by molar-refractivity contribution is -0.121. The van der Waals surface area contributed by atoms with E-state index >= 15 is 0 Å². The second-order valence-corrected chi connectivity index (χ2v) is 5.23. The largest absolute Gasteiger partial charge is 0.354 e. The number of amides is 2. The van der Waals surface area contributed by atoms with Crippen molar-refractivity contribution in [2.75, 3.05) is 19.6 Å². The number of nitrogens with one attached hydrogen (secondary N) is 1. The Morgan fingerprint density at radius 1 is 1.35 bits per heavy atom. The number of piperidine rings is 1. The van der Waals surface area contributed by atoms with Gasteiger partial charge in [-0.3, -0.25) is 14.6 Å². The highest BCUT2D eigenvalue weighted by Gasteiger charge is 2.27. The molecular weight excluding hydrogens is 339 g/mol. The number of carbonyl (C=O) groups excluding carboxylic acids is 2. The van der Waals surface area contributed by atoms with Crippen LogP contribution < -0.4 is 11.1 Å². The molecule has 3 N–H and O–H groups in total. The molecule has 1 aromatic heterocycles. The zero-order chi connectivity index (χ0) is 15.1. The molecule has 1 aliphatic rings. The van der Waals surface area contributed by atoms with Crippen LogP contribution in [0.5, 0.6) is 0 Å². The Morgan fingerprint density at radius 2 is 2.13 bits per heavy atom. The van der Waals surface area contributed by atoms with E-state index in [4.69, 9.17) is 5.73 Å². The number of rotatable bonds is 5. The number of nitrogens with two attached hydrogens (primary N) is 1. The molecular formula is C15H24Cl2N4O2. The molecule has 1 unspecified atom stereocenters. The van der Waals surface area contributed by atoms with Crippen molar-refractivity contribution in [2.45, 2.75) is 31.7 Å². The number of halogens is 2.